The fourth-order valence-corrected chi connectivity index (χ4v) is 3.12. The predicted molar refractivity (Wildman–Crippen MR) is 104 cm³/mol. The van der Waals surface area contributed by atoms with Crippen molar-refractivity contribution in [2.24, 2.45) is 0 Å². The van der Waals surface area contributed by atoms with E-state index in [4.69, 9.17) is 0 Å². The molecule has 0 saturated carbocycles. The normalized spacial score (nSPS) is 10.2. The van der Waals surface area contributed by atoms with Gasteiger partial charge in [-0.05, 0) is 23.6 Å². The van der Waals surface area contributed by atoms with Gasteiger partial charge >= 0.3 is 0 Å². The molecule has 1 heterocycles. The summed E-state index contributed by atoms with van der Waals surface area (Å²) in [5, 5.41) is 18.3. The van der Waals surface area contributed by atoms with E-state index < -0.39 is 10.8 Å². The highest BCUT2D eigenvalue weighted by Crippen LogP contribution is 2.24. The molecule has 0 atom stereocenters. The van der Waals surface area contributed by atoms with Crippen LogP contribution in [0.1, 0.15) is 15.2 Å². The molecule has 0 unspecified atom stereocenters. The number of nitro benzene ring substituents is 1. The number of benzene rings is 2. The zero-order chi connectivity index (χ0) is 19.2. The molecule has 0 radical (unpaired) electrons. The number of amides is 2. The van der Waals surface area contributed by atoms with Crippen LogP contribution in [-0.4, -0.2) is 16.7 Å². The summed E-state index contributed by atoms with van der Waals surface area (Å²) in [6, 6.07) is 16.4. The van der Waals surface area contributed by atoms with Crippen molar-refractivity contribution in [3.8, 4) is 0 Å². The van der Waals surface area contributed by atoms with E-state index in [0.717, 1.165) is 0 Å². The van der Waals surface area contributed by atoms with Gasteiger partial charge in [0.2, 0.25) is 5.91 Å². The number of anilines is 2. The summed E-state index contributed by atoms with van der Waals surface area (Å²) < 4.78 is 0. The van der Waals surface area contributed by atoms with Crippen LogP contribution in [0.15, 0.2) is 66.0 Å². The minimum Gasteiger partial charge on any atom is -0.324 e. The first-order valence-electron chi connectivity index (χ1n) is 8.00. The molecule has 2 amide bonds. The van der Waals surface area contributed by atoms with Gasteiger partial charge in [-0.15, -0.1) is 11.3 Å². The van der Waals surface area contributed by atoms with Gasteiger partial charge in [0, 0.05) is 11.6 Å². The van der Waals surface area contributed by atoms with E-state index in [2.05, 4.69) is 10.6 Å². The van der Waals surface area contributed by atoms with Crippen LogP contribution in [0.3, 0.4) is 0 Å². The van der Waals surface area contributed by atoms with Crippen molar-refractivity contribution in [3.63, 3.8) is 0 Å². The minimum atomic E-state index is -0.516. The van der Waals surface area contributed by atoms with Crippen molar-refractivity contribution < 1.29 is 14.5 Å². The van der Waals surface area contributed by atoms with Gasteiger partial charge in [-0.25, -0.2) is 0 Å². The van der Waals surface area contributed by atoms with Crippen LogP contribution in [0.4, 0.5) is 17.1 Å². The van der Waals surface area contributed by atoms with Gasteiger partial charge in [-0.2, -0.15) is 0 Å². The van der Waals surface area contributed by atoms with Crippen LogP contribution >= 0.6 is 11.3 Å². The molecule has 3 rings (SSSR count). The molecule has 1 aromatic heterocycles. The molecule has 8 heteroatoms. The van der Waals surface area contributed by atoms with E-state index in [1.165, 1.54) is 17.4 Å². The third kappa shape index (κ3) is 4.56. The lowest BCUT2D eigenvalue weighted by Crippen LogP contribution is -2.18. The first-order chi connectivity index (χ1) is 13.0. The van der Waals surface area contributed by atoms with Crippen molar-refractivity contribution >= 4 is 40.2 Å². The van der Waals surface area contributed by atoms with Crippen molar-refractivity contribution in [1.82, 2.24) is 0 Å². The number of rotatable bonds is 6. The van der Waals surface area contributed by atoms with Crippen LogP contribution in [0.2, 0.25) is 0 Å². The van der Waals surface area contributed by atoms with Crippen molar-refractivity contribution in [3.05, 3.63) is 86.6 Å². The zero-order valence-corrected chi connectivity index (χ0v) is 14.9. The van der Waals surface area contributed by atoms with E-state index in [-0.39, 0.29) is 18.0 Å². The number of para-hydroxylation sites is 3. The number of hydrogen-bond donors (Lipinski definition) is 2. The standard InChI is InChI=1S/C19H15N3O4S/c23-18(12-13-6-1-4-9-16(13)22(25)26)20-14-7-2-3-8-15(14)21-19(24)17-10-5-11-27-17/h1-11H,12H2,(H,20,23)(H,21,24). The molecule has 0 aliphatic heterocycles. The SMILES string of the molecule is O=C(Cc1ccccc1[N+](=O)[O-])Nc1ccccc1NC(=O)c1cccs1. The molecule has 0 saturated heterocycles. The molecule has 27 heavy (non-hydrogen) atoms. The number of hydrogen-bond acceptors (Lipinski definition) is 5. The highest BCUT2D eigenvalue weighted by Gasteiger charge is 2.17. The molecular formula is C19H15N3O4S. The smallest absolute Gasteiger partial charge is 0.273 e. The molecule has 136 valence electrons. The number of thiophene rings is 1. The number of nitro groups is 1. The average Bonchev–Trinajstić information content (AvgIpc) is 3.18. The van der Waals surface area contributed by atoms with Crippen LogP contribution in [0, 0.1) is 10.1 Å². The van der Waals surface area contributed by atoms with Crippen LogP contribution in [0.25, 0.3) is 0 Å². The van der Waals surface area contributed by atoms with Gasteiger partial charge in [0.05, 0.1) is 27.6 Å². The minimum absolute atomic E-state index is 0.105. The van der Waals surface area contributed by atoms with E-state index in [1.807, 2.05) is 0 Å². The lowest BCUT2D eigenvalue weighted by Gasteiger charge is -2.12. The Bertz CT molecular complexity index is 986. The predicted octanol–water partition coefficient (Wildman–Crippen LogP) is 4.09. The Hall–Kier alpha value is -3.52. The lowest BCUT2D eigenvalue weighted by atomic mass is 10.1. The van der Waals surface area contributed by atoms with E-state index in [0.29, 0.717) is 21.8 Å². The molecule has 0 aliphatic rings. The Labute approximate surface area is 158 Å². The van der Waals surface area contributed by atoms with Crippen molar-refractivity contribution in [1.29, 1.82) is 0 Å². The maximum absolute atomic E-state index is 12.4. The fourth-order valence-electron chi connectivity index (χ4n) is 2.50. The summed E-state index contributed by atoms with van der Waals surface area (Å²) in [5.41, 5.74) is 1.09. The Morgan fingerprint density at radius 1 is 0.926 bits per heavy atom. The summed E-state index contributed by atoms with van der Waals surface area (Å²) in [4.78, 5) is 35.7. The molecule has 0 spiro atoms. The Kier molecular flexibility index (Phi) is 5.58. The second-order valence-corrected chi connectivity index (χ2v) is 6.54. The molecule has 2 N–H and O–H groups in total. The maximum atomic E-state index is 12.4. The number of carbonyl (C=O) groups is 2. The Morgan fingerprint density at radius 3 is 2.26 bits per heavy atom. The van der Waals surface area contributed by atoms with Crippen LogP contribution in [0.5, 0.6) is 0 Å². The zero-order valence-electron chi connectivity index (χ0n) is 14.0. The molecule has 3 aromatic rings. The first kappa shape index (κ1) is 18.3. The largest absolute Gasteiger partial charge is 0.324 e. The summed E-state index contributed by atoms with van der Waals surface area (Å²) in [6.07, 6.45) is -0.148. The second-order valence-electron chi connectivity index (χ2n) is 5.59. The molecule has 0 fully saturated rings. The molecule has 2 aromatic carbocycles. The van der Waals surface area contributed by atoms with Gasteiger partial charge in [0.15, 0.2) is 0 Å². The van der Waals surface area contributed by atoms with E-state index in [1.54, 1.807) is 60.0 Å². The third-order valence-corrected chi connectivity index (χ3v) is 4.60. The third-order valence-electron chi connectivity index (χ3n) is 3.73. The molecule has 0 aliphatic carbocycles. The Balaban J connectivity index is 1.73. The molecular weight excluding hydrogens is 366 g/mol. The van der Waals surface area contributed by atoms with Gasteiger partial charge in [0.1, 0.15) is 0 Å². The lowest BCUT2D eigenvalue weighted by molar-refractivity contribution is -0.385. The topological polar surface area (TPSA) is 101 Å². The first-order valence-corrected chi connectivity index (χ1v) is 8.88. The van der Waals surface area contributed by atoms with Gasteiger partial charge in [-0.1, -0.05) is 36.4 Å². The van der Waals surface area contributed by atoms with Crippen LogP contribution < -0.4 is 10.6 Å². The van der Waals surface area contributed by atoms with Crippen molar-refractivity contribution in [2.45, 2.75) is 6.42 Å². The summed E-state index contributed by atoms with van der Waals surface area (Å²) in [6.45, 7) is 0. The van der Waals surface area contributed by atoms with Gasteiger partial charge < -0.3 is 10.6 Å². The monoisotopic (exact) mass is 381 g/mol. The highest BCUT2D eigenvalue weighted by molar-refractivity contribution is 7.12. The van der Waals surface area contributed by atoms with E-state index in [9.17, 15) is 19.7 Å². The Morgan fingerprint density at radius 2 is 1.59 bits per heavy atom. The summed E-state index contributed by atoms with van der Waals surface area (Å²) >= 11 is 1.31. The summed E-state index contributed by atoms with van der Waals surface area (Å²) in [5.74, 6) is -0.687. The number of nitrogens with one attached hydrogen (secondary N) is 2. The summed E-state index contributed by atoms with van der Waals surface area (Å²) in [7, 11) is 0. The average molecular weight is 381 g/mol. The quantitative estimate of drug-likeness (QED) is 0.496. The second kappa shape index (κ2) is 8.24. The van der Waals surface area contributed by atoms with Gasteiger partial charge in [-0.3, -0.25) is 19.7 Å². The maximum Gasteiger partial charge on any atom is 0.273 e. The number of nitrogens with zero attached hydrogens (tertiary/aromatic N) is 1. The fraction of sp³-hybridized carbons (Fsp3) is 0.0526. The highest BCUT2D eigenvalue weighted by atomic mass is 32.1. The van der Waals surface area contributed by atoms with Crippen molar-refractivity contribution in [2.75, 3.05) is 10.6 Å². The molecule has 0 bridgehead atoms. The van der Waals surface area contributed by atoms with Crippen LogP contribution in [-0.2, 0) is 11.2 Å². The van der Waals surface area contributed by atoms with E-state index >= 15 is 0 Å². The molecule has 7 nitrogen and oxygen atoms in total. The van der Waals surface area contributed by atoms with Gasteiger partial charge in [0.25, 0.3) is 11.6 Å². The number of carbonyl (C=O) groups excluding carboxylic acids is 2.